The van der Waals surface area contributed by atoms with Gasteiger partial charge in [-0.1, -0.05) is 12.8 Å². The highest BCUT2D eigenvalue weighted by molar-refractivity contribution is 6.20. The van der Waals surface area contributed by atoms with Gasteiger partial charge in [0, 0.05) is 25.0 Å². The van der Waals surface area contributed by atoms with Crippen molar-refractivity contribution in [2.24, 2.45) is 4.99 Å². The van der Waals surface area contributed by atoms with Crippen molar-refractivity contribution in [3.8, 4) is 0 Å². The Morgan fingerprint density at radius 1 is 1.32 bits per heavy atom. The highest BCUT2D eigenvalue weighted by Crippen LogP contribution is 2.35. The molecule has 0 spiro atoms. The van der Waals surface area contributed by atoms with E-state index >= 15 is 0 Å². The van der Waals surface area contributed by atoms with Crippen LogP contribution in [0.3, 0.4) is 0 Å². The van der Waals surface area contributed by atoms with Gasteiger partial charge in [-0.2, -0.15) is 0 Å². The number of amides is 1. The lowest BCUT2D eigenvalue weighted by Gasteiger charge is -2.40. The van der Waals surface area contributed by atoms with Crippen LogP contribution in [0, 0.1) is 0 Å². The molecule has 150 valence electrons. The Kier molecular flexibility index (Phi) is 4.87. The number of carbonyl (C=O) groups is 2. The van der Waals surface area contributed by atoms with Gasteiger partial charge in [-0.25, -0.2) is 4.99 Å². The van der Waals surface area contributed by atoms with E-state index in [0.29, 0.717) is 11.5 Å². The van der Waals surface area contributed by atoms with E-state index in [9.17, 15) is 9.59 Å². The molecule has 0 bridgehead atoms. The Bertz CT molecular complexity index is 806. The monoisotopic (exact) mass is 384 g/mol. The fraction of sp³-hybridized carbons (Fsp3) is 0.550. The Hall–Kier alpha value is -2.77. The van der Waals surface area contributed by atoms with Gasteiger partial charge in [0.25, 0.3) is 5.91 Å². The molecule has 28 heavy (non-hydrogen) atoms. The van der Waals surface area contributed by atoms with E-state index in [1.165, 1.54) is 6.92 Å². The van der Waals surface area contributed by atoms with Gasteiger partial charge >= 0.3 is 0 Å². The number of allylic oxidation sites excluding steroid dienone is 1. The molecule has 4 aliphatic rings. The van der Waals surface area contributed by atoms with Gasteiger partial charge in [0.05, 0.1) is 11.6 Å². The number of rotatable bonds is 4. The number of aliphatic imine (C=N–C) groups is 1. The van der Waals surface area contributed by atoms with E-state index in [1.807, 2.05) is 37.2 Å². The third kappa shape index (κ3) is 3.16. The molecule has 1 amide bonds. The number of nitrogens with one attached hydrogen (secondary N) is 4. The first-order chi connectivity index (χ1) is 13.5. The quantitative estimate of drug-likeness (QED) is 0.526. The summed E-state index contributed by atoms with van der Waals surface area (Å²) >= 11 is 0. The summed E-state index contributed by atoms with van der Waals surface area (Å²) in [5.74, 6) is 0.300. The van der Waals surface area contributed by atoms with Gasteiger partial charge in [-0.3, -0.25) is 9.59 Å². The zero-order valence-corrected chi connectivity index (χ0v) is 16.6. The number of carbonyl (C=O) groups excluding carboxylic acids is 2. The molecule has 0 saturated heterocycles. The molecule has 0 aromatic rings. The Labute approximate surface area is 165 Å². The van der Waals surface area contributed by atoms with Gasteiger partial charge in [0.15, 0.2) is 17.9 Å². The maximum Gasteiger partial charge on any atom is 0.259 e. The lowest BCUT2D eigenvalue weighted by atomic mass is 9.90. The molecular weight excluding hydrogens is 356 g/mol. The molecule has 1 aliphatic carbocycles. The number of hydrogen-bond donors (Lipinski definition) is 4. The van der Waals surface area contributed by atoms with E-state index in [0.717, 1.165) is 37.0 Å². The first-order valence-corrected chi connectivity index (χ1v) is 9.97. The number of guanidine groups is 1. The van der Waals surface area contributed by atoms with Crippen molar-refractivity contribution >= 4 is 17.6 Å². The predicted molar refractivity (Wildman–Crippen MR) is 107 cm³/mol. The first-order valence-electron chi connectivity index (χ1n) is 9.97. The van der Waals surface area contributed by atoms with E-state index in [1.54, 1.807) is 0 Å². The molecule has 1 fully saturated rings. The van der Waals surface area contributed by atoms with E-state index < -0.39 is 0 Å². The first kappa shape index (κ1) is 18.6. The van der Waals surface area contributed by atoms with Gasteiger partial charge in [0.2, 0.25) is 0 Å². The summed E-state index contributed by atoms with van der Waals surface area (Å²) in [5.41, 5.74) is 2.09. The zero-order valence-electron chi connectivity index (χ0n) is 16.6. The number of fused-ring (bicyclic) bond motifs is 1. The molecule has 3 atom stereocenters. The van der Waals surface area contributed by atoms with Crippen LogP contribution in [0.2, 0.25) is 0 Å². The molecule has 4 rings (SSSR count). The van der Waals surface area contributed by atoms with Crippen LogP contribution >= 0.6 is 0 Å². The molecule has 0 radical (unpaired) electrons. The summed E-state index contributed by atoms with van der Waals surface area (Å²) in [7, 11) is 1.87. The van der Waals surface area contributed by atoms with Crippen LogP contribution in [0.15, 0.2) is 40.2 Å². The minimum atomic E-state index is -0.308. The second-order valence-corrected chi connectivity index (χ2v) is 7.78. The number of Topliss-reactive ketones (excluding diaryl/α,β-unsaturated/α-hetero) is 1. The number of likely N-dealkylation sites (N-methyl/N-ethyl adjacent to an activating group) is 1. The molecule has 0 aromatic heterocycles. The van der Waals surface area contributed by atoms with Crippen LogP contribution in [0.4, 0.5) is 0 Å². The topological polar surface area (TPSA) is 97.9 Å². The zero-order chi connectivity index (χ0) is 19.8. The smallest absolute Gasteiger partial charge is 0.259 e. The summed E-state index contributed by atoms with van der Waals surface area (Å²) in [6, 6.07) is -0.0168. The maximum atomic E-state index is 13.2. The third-order valence-electron chi connectivity index (χ3n) is 5.98. The van der Waals surface area contributed by atoms with Crippen molar-refractivity contribution in [1.29, 1.82) is 0 Å². The number of dihydropyridines is 1. The summed E-state index contributed by atoms with van der Waals surface area (Å²) < 4.78 is 0. The van der Waals surface area contributed by atoms with Crippen molar-refractivity contribution in [3.63, 3.8) is 0 Å². The fourth-order valence-corrected chi connectivity index (χ4v) is 4.54. The van der Waals surface area contributed by atoms with E-state index in [4.69, 9.17) is 4.99 Å². The summed E-state index contributed by atoms with van der Waals surface area (Å²) in [5, 5.41) is 13.1. The summed E-state index contributed by atoms with van der Waals surface area (Å²) in [6.45, 7) is 3.34. The van der Waals surface area contributed by atoms with Crippen molar-refractivity contribution in [2.45, 2.75) is 63.9 Å². The lowest BCUT2D eigenvalue weighted by molar-refractivity contribution is -0.135. The van der Waals surface area contributed by atoms with Crippen LogP contribution in [-0.2, 0) is 9.59 Å². The van der Waals surface area contributed by atoms with Crippen LogP contribution < -0.4 is 21.3 Å². The molecule has 8 nitrogen and oxygen atoms in total. The van der Waals surface area contributed by atoms with Crippen LogP contribution in [-0.4, -0.2) is 54.0 Å². The second-order valence-electron chi connectivity index (χ2n) is 7.78. The molecule has 0 aromatic carbocycles. The highest BCUT2D eigenvalue weighted by Gasteiger charge is 2.47. The molecule has 1 saturated carbocycles. The summed E-state index contributed by atoms with van der Waals surface area (Å²) in [6.07, 6.45) is 9.66. The Morgan fingerprint density at radius 2 is 2.07 bits per heavy atom. The minimum Gasteiger partial charge on any atom is -0.387 e. The molecule has 4 N–H and O–H groups in total. The van der Waals surface area contributed by atoms with Gasteiger partial charge in [-0.05, 0) is 44.4 Å². The number of hydrogen-bond acceptors (Lipinski definition) is 7. The highest BCUT2D eigenvalue weighted by atomic mass is 16.2. The average Bonchev–Trinajstić information content (AvgIpc) is 3.33. The van der Waals surface area contributed by atoms with Crippen molar-refractivity contribution < 1.29 is 9.59 Å². The van der Waals surface area contributed by atoms with Gasteiger partial charge < -0.3 is 26.2 Å². The maximum absolute atomic E-state index is 13.2. The molecule has 3 heterocycles. The van der Waals surface area contributed by atoms with Gasteiger partial charge in [0.1, 0.15) is 6.17 Å². The lowest BCUT2D eigenvalue weighted by Crippen LogP contribution is -2.57. The van der Waals surface area contributed by atoms with Crippen molar-refractivity contribution in [1.82, 2.24) is 26.2 Å². The average molecular weight is 384 g/mol. The Balaban J connectivity index is 1.58. The third-order valence-corrected chi connectivity index (χ3v) is 5.98. The van der Waals surface area contributed by atoms with E-state index in [2.05, 4.69) is 21.3 Å². The molecule has 3 unspecified atom stereocenters. The van der Waals surface area contributed by atoms with Crippen LogP contribution in [0.1, 0.15) is 39.5 Å². The fourth-order valence-electron chi connectivity index (χ4n) is 4.54. The largest absolute Gasteiger partial charge is 0.387 e. The van der Waals surface area contributed by atoms with Gasteiger partial charge in [-0.15, -0.1) is 0 Å². The van der Waals surface area contributed by atoms with E-state index in [-0.39, 0.29) is 36.1 Å². The summed E-state index contributed by atoms with van der Waals surface area (Å²) in [4.78, 5) is 32.0. The molecule has 8 heteroatoms. The normalized spacial score (nSPS) is 29.8. The second kappa shape index (κ2) is 7.33. The molecular formula is C20H28N6O2. The molecule has 3 aliphatic heterocycles. The van der Waals surface area contributed by atoms with Crippen molar-refractivity contribution in [2.75, 3.05) is 7.05 Å². The number of nitrogens with zero attached hydrogens (tertiary/aromatic N) is 2. The van der Waals surface area contributed by atoms with Crippen molar-refractivity contribution in [3.05, 3.63) is 35.2 Å². The minimum absolute atomic E-state index is 0.101. The Morgan fingerprint density at radius 3 is 2.68 bits per heavy atom. The standard InChI is InChI=1S/C20H28N6O2/c1-11-16(12(2)27)19(28)26(14-6-4-5-7-14)18-17(11)24-20(25-18)23-15-9-8-13(21-3)10-22-15/h8-10,14-15,17-18,21-22H,4-7H2,1-3H3,(H2,23,24,25). The van der Waals surface area contributed by atoms with Crippen LogP contribution in [0.5, 0.6) is 0 Å². The predicted octanol–water partition coefficient (Wildman–Crippen LogP) is 0.467. The number of ketones is 1. The SMILES string of the molecule is CNC1=CNC(NC2=NC3C(N2)C(C)=C(C(C)=O)C(=O)N3C2CCCC2)C=C1. The van der Waals surface area contributed by atoms with Crippen LogP contribution in [0.25, 0.3) is 0 Å².